The fourth-order valence-electron chi connectivity index (χ4n) is 13.3. The third-order valence-electron chi connectivity index (χ3n) is 20.0. The van der Waals surface area contributed by atoms with Crippen molar-refractivity contribution in [3.8, 4) is 0 Å². The molecule has 618 valence electrons. The van der Waals surface area contributed by atoms with E-state index in [-0.39, 0.29) is 25.7 Å². The summed E-state index contributed by atoms with van der Waals surface area (Å²) in [5.74, 6) is -1.36. The molecule has 0 aromatic rings. The molecule has 0 aromatic carbocycles. The Morgan fingerprint density at radius 3 is 0.654 bits per heavy atom. The lowest BCUT2D eigenvalue weighted by atomic mass is 10.0. The van der Waals surface area contributed by atoms with Crippen molar-refractivity contribution in [1.82, 2.24) is 0 Å². The molecule has 0 aliphatic carbocycles. The van der Waals surface area contributed by atoms with Crippen molar-refractivity contribution in [2.24, 2.45) is 5.92 Å². The van der Waals surface area contributed by atoms with E-state index in [0.29, 0.717) is 25.7 Å². The first-order chi connectivity index (χ1) is 50.5. The van der Waals surface area contributed by atoms with Crippen LogP contribution in [-0.2, 0) is 65.4 Å². The van der Waals surface area contributed by atoms with Crippen molar-refractivity contribution < 1.29 is 80.2 Å². The molecule has 0 heterocycles. The SMILES string of the molecule is CCCCCCCCCCCCCCCCCCCCCCCC(=O)O[C@H](COC(=O)CCCCCCCCCCCCCCCCCC)COP(=O)(O)OC[C@@H](O)COP(=O)(O)OC[C@@H](COC(=O)CCCCCCCCCCCC(C)C)OC(=O)CCCCCCCCCCCCCCCCC. The Kier molecular flexibility index (Phi) is 76.3. The largest absolute Gasteiger partial charge is 0.472 e. The van der Waals surface area contributed by atoms with Gasteiger partial charge in [0.25, 0.3) is 0 Å². The van der Waals surface area contributed by atoms with Crippen LogP contribution in [0.15, 0.2) is 0 Å². The number of aliphatic hydroxyl groups is 1. The summed E-state index contributed by atoms with van der Waals surface area (Å²) >= 11 is 0. The Hall–Kier alpha value is -1.94. The highest BCUT2D eigenvalue weighted by Crippen LogP contribution is 2.45. The number of hydrogen-bond donors (Lipinski definition) is 3. The first-order valence-corrected chi connectivity index (χ1v) is 47.1. The van der Waals surface area contributed by atoms with Gasteiger partial charge in [0.15, 0.2) is 12.2 Å². The number of phosphoric ester groups is 2. The van der Waals surface area contributed by atoms with E-state index in [9.17, 15) is 43.2 Å². The second-order valence-corrected chi connectivity index (χ2v) is 34.0. The minimum atomic E-state index is -4.96. The van der Waals surface area contributed by atoms with Crippen LogP contribution in [0.5, 0.6) is 0 Å². The van der Waals surface area contributed by atoms with Gasteiger partial charge in [0.2, 0.25) is 0 Å². The topological polar surface area (TPSA) is 237 Å². The van der Waals surface area contributed by atoms with E-state index < -0.39 is 97.5 Å². The van der Waals surface area contributed by atoms with E-state index in [1.54, 1.807) is 0 Å². The molecule has 0 radical (unpaired) electrons. The number of unbranched alkanes of at least 4 members (excludes halogenated alkanes) is 57. The molecule has 0 bridgehead atoms. The van der Waals surface area contributed by atoms with Crippen LogP contribution in [-0.4, -0.2) is 96.7 Å². The highest BCUT2D eigenvalue weighted by molar-refractivity contribution is 7.47. The van der Waals surface area contributed by atoms with E-state index in [2.05, 4.69) is 34.6 Å². The van der Waals surface area contributed by atoms with Crippen LogP contribution in [0.25, 0.3) is 0 Å². The van der Waals surface area contributed by atoms with Crippen molar-refractivity contribution in [2.45, 2.75) is 477 Å². The summed E-state index contributed by atoms with van der Waals surface area (Å²) in [4.78, 5) is 73.2. The number of phosphoric acid groups is 2. The predicted octanol–water partition coefficient (Wildman–Crippen LogP) is 26.0. The lowest BCUT2D eigenvalue weighted by Crippen LogP contribution is -2.30. The van der Waals surface area contributed by atoms with E-state index in [0.717, 1.165) is 95.8 Å². The number of esters is 4. The molecule has 0 amide bonds. The van der Waals surface area contributed by atoms with Gasteiger partial charge in [0.05, 0.1) is 26.4 Å². The second-order valence-electron chi connectivity index (χ2n) is 31.1. The summed E-state index contributed by atoms with van der Waals surface area (Å²) in [6.07, 6.45) is 70.8. The predicted molar refractivity (Wildman–Crippen MR) is 428 cm³/mol. The van der Waals surface area contributed by atoms with Gasteiger partial charge >= 0.3 is 39.5 Å². The van der Waals surface area contributed by atoms with Crippen LogP contribution < -0.4 is 0 Å². The minimum Gasteiger partial charge on any atom is -0.462 e. The second kappa shape index (κ2) is 77.8. The molecule has 0 aromatic heterocycles. The van der Waals surface area contributed by atoms with Gasteiger partial charge in [-0.3, -0.25) is 37.3 Å². The van der Waals surface area contributed by atoms with Gasteiger partial charge in [-0.15, -0.1) is 0 Å². The molecule has 0 saturated carbocycles. The molecule has 3 N–H and O–H groups in total. The number of hydrogen-bond acceptors (Lipinski definition) is 15. The third kappa shape index (κ3) is 78.2. The molecule has 0 aliphatic rings. The van der Waals surface area contributed by atoms with Crippen molar-refractivity contribution in [2.75, 3.05) is 39.6 Å². The van der Waals surface area contributed by atoms with Gasteiger partial charge in [-0.1, -0.05) is 407 Å². The Morgan fingerprint density at radius 1 is 0.260 bits per heavy atom. The number of rotatable bonds is 85. The molecule has 0 aliphatic heterocycles. The minimum absolute atomic E-state index is 0.108. The van der Waals surface area contributed by atoms with E-state index in [1.807, 2.05) is 0 Å². The van der Waals surface area contributed by atoms with Crippen molar-refractivity contribution >= 4 is 39.5 Å². The maximum absolute atomic E-state index is 13.1. The molecular weight excluding hydrogens is 1350 g/mol. The van der Waals surface area contributed by atoms with E-state index in [4.69, 9.17) is 37.0 Å². The summed E-state index contributed by atoms with van der Waals surface area (Å²) in [5, 5.41) is 10.7. The average molecular weight is 1520 g/mol. The first-order valence-electron chi connectivity index (χ1n) is 44.1. The maximum atomic E-state index is 13.1. The van der Waals surface area contributed by atoms with Crippen molar-refractivity contribution in [3.63, 3.8) is 0 Å². The Morgan fingerprint density at radius 2 is 0.442 bits per heavy atom. The molecule has 0 rings (SSSR count). The molecular formula is C85H166O17P2. The van der Waals surface area contributed by atoms with Crippen molar-refractivity contribution in [3.05, 3.63) is 0 Å². The van der Waals surface area contributed by atoms with E-state index >= 15 is 0 Å². The zero-order valence-corrected chi connectivity index (χ0v) is 70.0. The average Bonchev–Trinajstić information content (AvgIpc) is 0.916. The van der Waals surface area contributed by atoms with Gasteiger partial charge in [-0.2, -0.15) is 0 Å². The Labute approximate surface area is 638 Å². The number of aliphatic hydroxyl groups excluding tert-OH is 1. The molecule has 5 atom stereocenters. The zero-order chi connectivity index (χ0) is 76.2. The van der Waals surface area contributed by atoms with Gasteiger partial charge < -0.3 is 33.8 Å². The smallest absolute Gasteiger partial charge is 0.462 e. The molecule has 0 spiro atoms. The number of carbonyl (C=O) groups is 4. The molecule has 2 unspecified atom stereocenters. The highest BCUT2D eigenvalue weighted by atomic mass is 31.2. The summed E-state index contributed by atoms with van der Waals surface area (Å²) < 4.78 is 68.9. The van der Waals surface area contributed by atoms with Crippen LogP contribution in [0, 0.1) is 5.92 Å². The van der Waals surface area contributed by atoms with Crippen LogP contribution in [0.3, 0.4) is 0 Å². The van der Waals surface area contributed by atoms with Gasteiger partial charge in [0, 0.05) is 25.7 Å². The fraction of sp³-hybridized carbons (Fsp3) is 0.953. The number of carbonyl (C=O) groups excluding carboxylic acids is 4. The summed E-state index contributed by atoms with van der Waals surface area (Å²) in [6.45, 7) is 7.34. The lowest BCUT2D eigenvalue weighted by Gasteiger charge is -2.21. The number of ether oxygens (including phenoxy) is 4. The monoisotopic (exact) mass is 1520 g/mol. The maximum Gasteiger partial charge on any atom is 0.472 e. The van der Waals surface area contributed by atoms with Gasteiger partial charge in [-0.05, 0) is 31.6 Å². The summed E-state index contributed by atoms with van der Waals surface area (Å²) in [5.41, 5.74) is 0. The van der Waals surface area contributed by atoms with Crippen LogP contribution in [0.1, 0.15) is 458 Å². The van der Waals surface area contributed by atoms with Crippen LogP contribution in [0.4, 0.5) is 0 Å². The standard InChI is InChI=1S/C85H166O17P2/c1-6-9-12-15-18-21-24-27-30-32-33-34-35-36-39-42-45-50-56-61-66-71-85(90)101-80(74-95-82(87)68-63-58-53-48-43-40-38-31-28-25-22-19-16-13-10-7-2)76-99-103(91,92)97-72-79(86)73-98-104(93,94)100-77-81(75-96-83(88)69-64-59-54-51-46-47-52-57-62-67-78(4)5)102-84(89)70-65-60-55-49-44-41-37-29-26-23-20-17-14-11-8-3/h78-81,86H,6-77H2,1-5H3,(H,91,92)(H,93,94)/t79-,80-,81-/m1/s1. The molecule has 0 fully saturated rings. The van der Waals surface area contributed by atoms with Crippen LogP contribution in [0.2, 0.25) is 0 Å². The molecule has 104 heavy (non-hydrogen) atoms. The lowest BCUT2D eigenvalue weighted by molar-refractivity contribution is -0.161. The van der Waals surface area contributed by atoms with Crippen LogP contribution >= 0.6 is 15.6 Å². The molecule has 19 heteroatoms. The van der Waals surface area contributed by atoms with E-state index in [1.165, 1.54) is 283 Å². The Balaban J connectivity index is 5.24. The quantitative estimate of drug-likeness (QED) is 0.0222. The Bertz CT molecular complexity index is 1980. The highest BCUT2D eigenvalue weighted by Gasteiger charge is 2.30. The van der Waals surface area contributed by atoms with Crippen molar-refractivity contribution in [1.29, 1.82) is 0 Å². The molecule has 0 saturated heterocycles. The first kappa shape index (κ1) is 102. The van der Waals surface area contributed by atoms with Gasteiger partial charge in [-0.25, -0.2) is 9.13 Å². The zero-order valence-electron chi connectivity index (χ0n) is 68.2. The fourth-order valence-corrected chi connectivity index (χ4v) is 14.9. The van der Waals surface area contributed by atoms with Gasteiger partial charge in [0.1, 0.15) is 19.3 Å². The molecule has 17 nitrogen and oxygen atoms in total. The summed E-state index contributed by atoms with van der Waals surface area (Å²) in [7, 11) is -9.93. The normalized spacial score (nSPS) is 13.8. The third-order valence-corrected chi connectivity index (χ3v) is 21.9. The summed E-state index contributed by atoms with van der Waals surface area (Å²) in [6, 6.07) is 0.